The lowest BCUT2D eigenvalue weighted by Gasteiger charge is -2.32. The number of nitriles is 1. The van der Waals surface area contributed by atoms with Crippen LogP contribution in [-0.4, -0.2) is 40.8 Å². The molecule has 4 rings (SSSR count). The van der Waals surface area contributed by atoms with Crippen molar-refractivity contribution >= 4 is 50.5 Å². The van der Waals surface area contributed by atoms with E-state index in [4.69, 9.17) is 0 Å². The lowest BCUT2D eigenvalue weighted by molar-refractivity contribution is -0.384. The number of nitro groups is 1. The Balaban J connectivity index is 1.54. The molecule has 11 heteroatoms. The quantitative estimate of drug-likeness (QED) is 0.131. The number of amides is 2. The molecule has 38 heavy (non-hydrogen) atoms. The number of non-ortho nitro benzene ring substituents is 1. The van der Waals surface area contributed by atoms with Gasteiger partial charge in [-0.2, -0.15) is 10.4 Å². The Hall–Kier alpha value is -4.43. The van der Waals surface area contributed by atoms with Crippen LogP contribution in [-0.2, 0) is 0 Å². The van der Waals surface area contributed by atoms with Crippen molar-refractivity contribution < 1.29 is 14.5 Å². The SMILES string of the molecule is CCN(c1ccc(N=Nc2c(Br)cc([N+](=O)[O-])cc2C#N)c(C)c1)C(C)CN1C(=O)c2ccccc2C1=O. The minimum atomic E-state index is -0.579. The van der Waals surface area contributed by atoms with Crippen LogP contribution in [0.15, 0.2) is 69.3 Å². The second kappa shape index (κ2) is 10.9. The van der Waals surface area contributed by atoms with E-state index in [0.717, 1.165) is 17.3 Å². The van der Waals surface area contributed by atoms with Crippen molar-refractivity contribution in [3.8, 4) is 6.07 Å². The number of anilines is 1. The van der Waals surface area contributed by atoms with Gasteiger partial charge in [0.05, 0.1) is 31.8 Å². The monoisotopic (exact) mass is 574 g/mol. The number of azo groups is 1. The third-order valence-electron chi connectivity index (χ3n) is 6.35. The molecule has 0 aliphatic carbocycles. The Kier molecular flexibility index (Phi) is 7.64. The molecular weight excluding hydrogens is 552 g/mol. The Morgan fingerprint density at radius 2 is 1.76 bits per heavy atom. The molecule has 0 spiro atoms. The van der Waals surface area contributed by atoms with Gasteiger partial charge in [0.2, 0.25) is 0 Å². The van der Waals surface area contributed by atoms with Crippen LogP contribution in [0.1, 0.15) is 45.7 Å². The van der Waals surface area contributed by atoms with Gasteiger partial charge in [0.15, 0.2) is 0 Å². The number of imide groups is 1. The van der Waals surface area contributed by atoms with Gasteiger partial charge in [0, 0.05) is 37.0 Å². The largest absolute Gasteiger partial charge is 0.367 e. The molecule has 0 saturated carbocycles. The van der Waals surface area contributed by atoms with Crippen molar-refractivity contribution in [2.75, 3.05) is 18.0 Å². The number of carbonyl (C=O) groups excluding carboxylic acids is 2. The molecule has 1 atom stereocenters. The minimum absolute atomic E-state index is 0.0308. The van der Waals surface area contributed by atoms with Gasteiger partial charge in [0.25, 0.3) is 17.5 Å². The molecular formula is C27H23BrN6O4. The van der Waals surface area contributed by atoms with Crippen LogP contribution in [0.5, 0.6) is 0 Å². The van der Waals surface area contributed by atoms with Gasteiger partial charge >= 0.3 is 0 Å². The summed E-state index contributed by atoms with van der Waals surface area (Å²) >= 11 is 3.24. The van der Waals surface area contributed by atoms with Crippen molar-refractivity contribution in [2.45, 2.75) is 26.8 Å². The first kappa shape index (κ1) is 26.6. The first-order valence-corrected chi connectivity index (χ1v) is 12.6. The standard InChI is InChI=1S/C27H23BrN6O4/c1-4-32(17(3)15-33-26(35)21-7-5-6-8-22(21)27(33)36)19-9-10-24(16(2)11-19)30-31-25-18(14-29)12-20(34(37)38)13-23(25)28/h5-13,17H,4,15H2,1-3H3. The van der Waals surface area contributed by atoms with E-state index in [9.17, 15) is 25.0 Å². The van der Waals surface area contributed by atoms with Crippen molar-refractivity contribution in [2.24, 2.45) is 10.2 Å². The van der Waals surface area contributed by atoms with E-state index in [0.29, 0.717) is 27.8 Å². The maximum Gasteiger partial charge on any atom is 0.272 e. The van der Waals surface area contributed by atoms with E-state index in [1.807, 2.05) is 39.0 Å². The Morgan fingerprint density at radius 1 is 1.11 bits per heavy atom. The number of aryl methyl sites for hydroxylation is 1. The fourth-order valence-corrected chi connectivity index (χ4v) is 4.96. The van der Waals surface area contributed by atoms with Crippen molar-refractivity contribution in [1.29, 1.82) is 5.26 Å². The van der Waals surface area contributed by atoms with Gasteiger partial charge in [-0.15, -0.1) is 5.11 Å². The number of hydrogen-bond acceptors (Lipinski definition) is 8. The molecule has 1 unspecified atom stereocenters. The van der Waals surface area contributed by atoms with Crippen molar-refractivity contribution in [3.05, 3.63) is 91.4 Å². The van der Waals surface area contributed by atoms with Gasteiger partial charge in [0.1, 0.15) is 11.8 Å². The van der Waals surface area contributed by atoms with E-state index in [-0.39, 0.29) is 41.3 Å². The van der Waals surface area contributed by atoms with Crippen LogP contribution in [0.3, 0.4) is 0 Å². The maximum absolute atomic E-state index is 12.8. The van der Waals surface area contributed by atoms with Gasteiger partial charge in [-0.05, 0) is 72.6 Å². The van der Waals surface area contributed by atoms with E-state index in [1.54, 1.807) is 30.3 Å². The summed E-state index contributed by atoms with van der Waals surface area (Å²) in [5.74, 6) is -0.566. The first-order chi connectivity index (χ1) is 18.2. The van der Waals surface area contributed by atoms with Crippen LogP contribution in [0.2, 0.25) is 0 Å². The summed E-state index contributed by atoms with van der Waals surface area (Å²) in [6.45, 7) is 6.72. The molecule has 1 aliphatic heterocycles. The summed E-state index contributed by atoms with van der Waals surface area (Å²) in [4.78, 5) is 39.5. The van der Waals surface area contributed by atoms with E-state index in [2.05, 4.69) is 31.1 Å². The molecule has 1 aliphatic rings. The fraction of sp³-hybridized carbons (Fsp3) is 0.222. The molecule has 10 nitrogen and oxygen atoms in total. The van der Waals surface area contributed by atoms with Crippen LogP contribution in [0.25, 0.3) is 0 Å². The summed E-state index contributed by atoms with van der Waals surface area (Å²) in [5, 5.41) is 29.0. The molecule has 0 radical (unpaired) electrons. The molecule has 2 amide bonds. The number of fused-ring (bicyclic) bond motifs is 1. The number of nitro benzene ring substituents is 1. The van der Waals surface area contributed by atoms with E-state index >= 15 is 0 Å². The van der Waals surface area contributed by atoms with Gasteiger partial charge in [-0.3, -0.25) is 24.6 Å². The smallest absolute Gasteiger partial charge is 0.272 e. The third-order valence-corrected chi connectivity index (χ3v) is 6.95. The molecule has 0 saturated heterocycles. The number of carbonyl (C=O) groups is 2. The predicted molar refractivity (Wildman–Crippen MR) is 145 cm³/mol. The third kappa shape index (κ3) is 5.03. The molecule has 1 heterocycles. The summed E-state index contributed by atoms with van der Waals surface area (Å²) in [5.41, 5.74) is 3.14. The van der Waals surface area contributed by atoms with E-state index in [1.165, 1.54) is 11.0 Å². The van der Waals surface area contributed by atoms with Crippen LogP contribution < -0.4 is 4.90 Å². The van der Waals surface area contributed by atoms with E-state index < -0.39 is 4.92 Å². The molecule has 192 valence electrons. The van der Waals surface area contributed by atoms with Crippen LogP contribution >= 0.6 is 15.9 Å². The summed E-state index contributed by atoms with van der Waals surface area (Å²) in [6.07, 6.45) is 0. The second-order valence-corrected chi connectivity index (χ2v) is 9.62. The average Bonchev–Trinajstić information content (AvgIpc) is 3.13. The Morgan fingerprint density at radius 3 is 2.32 bits per heavy atom. The zero-order chi connectivity index (χ0) is 27.6. The number of rotatable bonds is 8. The highest BCUT2D eigenvalue weighted by Crippen LogP contribution is 2.35. The fourth-order valence-electron chi connectivity index (χ4n) is 4.43. The number of halogens is 1. The second-order valence-electron chi connectivity index (χ2n) is 8.76. The highest BCUT2D eigenvalue weighted by molar-refractivity contribution is 9.10. The number of hydrogen-bond donors (Lipinski definition) is 0. The summed E-state index contributed by atoms with van der Waals surface area (Å²) in [6, 6.07) is 16.6. The number of likely N-dealkylation sites (N-methyl/N-ethyl adjacent to an activating group) is 1. The highest BCUT2D eigenvalue weighted by Gasteiger charge is 2.36. The van der Waals surface area contributed by atoms with Crippen molar-refractivity contribution in [1.82, 2.24) is 4.90 Å². The molecule has 0 fully saturated rings. The molecule has 0 N–H and O–H groups in total. The number of nitrogens with zero attached hydrogens (tertiary/aromatic N) is 6. The Bertz CT molecular complexity index is 1500. The average molecular weight is 575 g/mol. The van der Waals surface area contributed by atoms with Crippen LogP contribution in [0.4, 0.5) is 22.7 Å². The highest BCUT2D eigenvalue weighted by atomic mass is 79.9. The van der Waals surface area contributed by atoms with Gasteiger partial charge < -0.3 is 4.90 Å². The zero-order valence-electron chi connectivity index (χ0n) is 20.9. The topological polar surface area (TPSA) is 132 Å². The molecule has 3 aromatic carbocycles. The van der Waals surface area contributed by atoms with Crippen LogP contribution in [0, 0.1) is 28.4 Å². The summed E-state index contributed by atoms with van der Waals surface area (Å²) in [7, 11) is 0. The first-order valence-electron chi connectivity index (χ1n) is 11.8. The zero-order valence-corrected chi connectivity index (χ0v) is 22.5. The summed E-state index contributed by atoms with van der Waals surface area (Å²) < 4.78 is 0.292. The lowest BCUT2D eigenvalue weighted by Crippen LogP contribution is -2.44. The Labute approximate surface area is 227 Å². The molecule has 0 aromatic heterocycles. The molecule has 3 aromatic rings. The lowest BCUT2D eigenvalue weighted by atomic mass is 10.1. The van der Waals surface area contributed by atoms with Crippen molar-refractivity contribution in [3.63, 3.8) is 0 Å². The van der Waals surface area contributed by atoms with Gasteiger partial charge in [-0.25, -0.2) is 0 Å². The number of benzene rings is 3. The van der Waals surface area contributed by atoms with Gasteiger partial charge in [-0.1, -0.05) is 12.1 Å². The predicted octanol–water partition coefficient (Wildman–Crippen LogP) is 6.46. The normalized spacial score (nSPS) is 13.5. The maximum atomic E-state index is 12.8. The minimum Gasteiger partial charge on any atom is -0.367 e. The molecule has 0 bridgehead atoms.